The number of amides is 3. The summed E-state index contributed by atoms with van der Waals surface area (Å²) in [6, 6.07) is 14.9. The van der Waals surface area contributed by atoms with E-state index in [9.17, 15) is 24.5 Å². The summed E-state index contributed by atoms with van der Waals surface area (Å²) in [5.41, 5.74) is 0.866. The zero-order valence-electron chi connectivity index (χ0n) is 15.0. The van der Waals surface area contributed by atoms with Crippen molar-refractivity contribution in [2.24, 2.45) is 0 Å². The largest absolute Gasteiger partial charge is 0.325 e. The third kappa shape index (κ3) is 4.96. The second kappa shape index (κ2) is 8.98. The molecule has 0 unspecified atom stereocenters. The van der Waals surface area contributed by atoms with Gasteiger partial charge in [0.1, 0.15) is 6.54 Å². The predicted octanol–water partition coefficient (Wildman–Crippen LogP) is 3.83. The summed E-state index contributed by atoms with van der Waals surface area (Å²) in [4.78, 5) is 48.1. The molecule has 0 radical (unpaired) electrons. The van der Waals surface area contributed by atoms with Crippen LogP contribution in [0.15, 0.2) is 71.7 Å². The standard InChI is InChI=1S/C20H15N3O5S/c24-18(21-15-9-2-1-3-10-15)13-22-19(25)17(29-20(22)26)12-6-8-14-7-4-5-11-16(14)23(27)28/h1-12H,13H2,(H,21,24)/b8-6+,17-12-. The number of para-hydroxylation sites is 2. The summed E-state index contributed by atoms with van der Waals surface area (Å²) in [5.74, 6) is -1.08. The van der Waals surface area contributed by atoms with Gasteiger partial charge in [-0.2, -0.15) is 0 Å². The number of allylic oxidation sites excluding steroid dienone is 2. The van der Waals surface area contributed by atoms with Crippen molar-refractivity contribution in [2.75, 3.05) is 11.9 Å². The van der Waals surface area contributed by atoms with Crippen LogP contribution < -0.4 is 5.32 Å². The fourth-order valence-electron chi connectivity index (χ4n) is 2.55. The summed E-state index contributed by atoms with van der Waals surface area (Å²) in [6.45, 7) is -0.398. The van der Waals surface area contributed by atoms with E-state index in [1.807, 2.05) is 0 Å². The van der Waals surface area contributed by atoms with Crippen LogP contribution in [0, 0.1) is 10.1 Å². The number of carbonyl (C=O) groups is 3. The Labute approximate surface area is 170 Å². The number of rotatable bonds is 6. The van der Waals surface area contributed by atoms with Gasteiger partial charge in [0, 0.05) is 11.8 Å². The fraction of sp³-hybridized carbons (Fsp3) is 0.0500. The van der Waals surface area contributed by atoms with Gasteiger partial charge < -0.3 is 5.32 Å². The van der Waals surface area contributed by atoms with Crippen LogP contribution in [0.2, 0.25) is 0 Å². The number of nitro benzene ring substituents is 1. The molecular formula is C20H15N3O5S. The smallest absolute Gasteiger partial charge is 0.294 e. The number of hydrogen-bond acceptors (Lipinski definition) is 6. The normalized spacial score (nSPS) is 15.3. The van der Waals surface area contributed by atoms with Gasteiger partial charge in [0.05, 0.1) is 15.4 Å². The second-order valence-corrected chi connectivity index (χ2v) is 6.87. The van der Waals surface area contributed by atoms with Crippen LogP contribution in [-0.2, 0) is 9.59 Å². The molecule has 1 heterocycles. The van der Waals surface area contributed by atoms with E-state index in [1.54, 1.807) is 48.5 Å². The molecule has 1 N–H and O–H groups in total. The average Bonchev–Trinajstić information content (AvgIpc) is 2.96. The van der Waals surface area contributed by atoms with E-state index in [0.29, 0.717) is 23.0 Å². The van der Waals surface area contributed by atoms with E-state index in [2.05, 4.69) is 5.32 Å². The SMILES string of the molecule is O=C(CN1C(=O)S/C(=C\C=C\c2ccccc2[N+](=O)[O-])C1=O)Nc1ccccc1. The Hall–Kier alpha value is -3.72. The van der Waals surface area contributed by atoms with E-state index < -0.39 is 28.5 Å². The molecule has 0 spiro atoms. The lowest BCUT2D eigenvalue weighted by atomic mass is 10.1. The van der Waals surface area contributed by atoms with Gasteiger partial charge in [-0.3, -0.25) is 29.4 Å². The third-order valence-electron chi connectivity index (χ3n) is 3.89. The van der Waals surface area contributed by atoms with Crippen LogP contribution in [0.5, 0.6) is 0 Å². The van der Waals surface area contributed by atoms with Crippen molar-refractivity contribution in [3.05, 3.63) is 87.3 Å². The first-order valence-electron chi connectivity index (χ1n) is 8.46. The highest BCUT2D eigenvalue weighted by Gasteiger charge is 2.35. The summed E-state index contributed by atoms with van der Waals surface area (Å²) in [6.07, 6.45) is 4.34. The van der Waals surface area contributed by atoms with Gasteiger partial charge in [0.25, 0.3) is 16.8 Å². The van der Waals surface area contributed by atoms with E-state index in [-0.39, 0.29) is 10.6 Å². The zero-order valence-corrected chi connectivity index (χ0v) is 15.8. The van der Waals surface area contributed by atoms with Gasteiger partial charge in [-0.25, -0.2) is 0 Å². The first kappa shape index (κ1) is 20.0. The van der Waals surface area contributed by atoms with Crippen molar-refractivity contribution < 1.29 is 19.3 Å². The number of anilines is 1. The number of carbonyl (C=O) groups excluding carboxylic acids is 3. The van der Waals surface area contributed by atoms with Gasteiger partial charge in [-0.05, 0) is 42.1 Å². The number of benzene rings is 2. The topological polar surface area (TPSA) is 110 Å². The van der Waals surface area contributed by atoms with Gasteiger partial charge >= 0.3 is 0 Å². The molecule has 0 aliphatic carbocycles. The van der Waals surface area contributed by atoms with E-state index in [0.717, 1.165) is 4.90 Å². The van der Waals surface area contributed by atoms with Crippen molar-refractivity contribution in [1.82, 2.24) is 4.90 Å². The van der Waals surface area contributed by atoms with Crippen molar-refractivity contribution in [3.63, 3.8) is 0 Å². The minimum Gasteiger partial charge on any atom is -0.325 e. The molecule has 1 fully saturated rings. The van der Waals surface area contributed by atoms with Crippen LogP contribution in [0.1, 0.15) is 5.56 Å². The molecule has 3 amide bonds. The quantitative estimate of drug-likeness (QED) is 0.441. The van der Waals surface area contributed by atoms with Gasteiger partial charge in [0.2, 0.25) is 5.91 Å². The van der Waals surface area contributed by atoms with Crippen LogP contribution in [0.25, 0.3) is 6.08 Å². The molecule has 0 bridgehead atoms. The third-order valence-corrected chi connectivity index (χ3v) is 4.82. The summed E-state index contributed by atoms with van der Waals surface area (Å²) < 4.78 is 0. The predicted molar refractivity (Wildman–Crippen MR) is 110 cm³/mol. The Balaban J connectivity index is 1.67. The maximum atomic E-state index is 12.4. The first-order chi connectivity index (χ1) is 14.0. The molecule has 29 heavy (non-hydrogen) atoms. The highest BCUT2D eigenvalue weighted by Crippen LogP contribution is 2.30. The molecule has 1 aliphatic heterocycles. The lowest BCUT2D eigenvalue weighted by Crippen LogP contribution is -2.36. The Morgan fingerprint density at radius 2 is 1.79 bits per heavy atom. The van der Waals surface area contributed by atoms with E-state index >= 15 is 0 Å². The van der Waals surface area contributed by atoms with Crippen molar-refractivity contribution in [3.8, 4) is 0 Å². The van der Waals surface area contributed by atoms with E-state index in [4.69, 9.17) is 0 Å². The lowest BCUT2D eigenvalue weighted by Gasteiger charge is -2.12. The molecule has 0 atom stereocenters. The number of thioether (sulfide) groups is 1. The highest BCUT2D eigenvalue weighted by atomic mass is 32.2. The molecular weight excluding hydrogens is 394 g/mol. The molecule has 1 saturated heterocycles. The minimum absolute atomic E-state index is 0.0668. The molecule has 146 valence electrons. The Morgan fingerprint density at radius 3 is 2.52 bits per heavy atom. The molecule has 0 aromatic heterocycles. The molecule has 2 aromatic carbocycles. The highest BCUT2D eigenvalue weighted by molar-refractivity contribution is 8.18. The molecule has 3 rings (SSSR count). The zero-order chi connectivity index (χ0) is 20.8. The molecule has 0 saturated carbocycles. The number of hydrogen-bond donors (Lipinski definition) is 1. The maximum absolute atomic E-state index is 12.4. The number of imide groups is 1. The van der Waals surface area contributed by atoms with Crippen molar-refractivity contribution in [1.29, 1.82) is 0 Å². The summed E-state index contributed by atoms with van der Waals surface area (Å²) >= 11 is 0.709. The van der Waals surface area contributed by atoms with Gasteiger partial charge in [-0.15, -0.1) is 0 Å². The fourth-order valence-corrected chi connectivity index (χ4v) is 3.34. The lowest BCUT2D eigenvalue weighted by molar-refractivity contribution is -0.385. The monoisotopic (exact) mass is 409 g/mol. The van der Waals surface area contributed by atoms with Crippen LogP contribution in [-0.4, -0.2) is 33.4 Å². The van der Waals surface area contributed by atoms with Gasteiger partial charge in [0.15, 0.2) is 0 Å². The molecule has 2 aromatic rings. The Kier molecular flexibility index (Phi) is 6.20. The average molecular weight is 409 g/mol. The Morgan fingerprint density at radius 1 is 1.10 bits per heavy atom. The number of nitrogens with zero attached hydrogens (tertiary/aromatic N) is 2. The Bertz CT molecular complexity index is 1030. The molecule has 8 nitrogen and oxygen atoms in total. The number of nitrogens with one attached hydrogen (secondary N) is 1. The summed E-state index contributed by atoms with van der Waals surface area (Å²) in [5, 5.41) is 13.1. The van der Waals surface area contributed by atoms with Crippen LogP contribution in [0.4, 0.5) is 16.2 Å². The van der Waals surface area contributed by atoms with Gasteiger partial charge in [-0.1, -0.05) is 36.4 Å². The second-order valence-electron chi connectivity index (χ2n) is 5.88. The summed E-state index contributed by atoms with van der Waals surface area (Å²) in [7, 11) is 0. The first-order valence-corrected chi connectivity index (χ1v) is 9.27. The molecule has 9 heteroatoms. The van der Waals surface area contributed by atoms with Crippen LogP contribution >= 0.6 is 11.8 Å². The maximum Gasteiger partial charge on any atom is 0.294 e. The van der Waals surface area contributed by atoms with Crippen LogP contribution in [0.3, 0.4) is 0 Å². The minimum atomic E-state index is -0.588. The van der Waals surface area contributed by atoms with E-state index in [1.165, 1.54) is 24.3 Å². The molecule has 1 aliphatic rings. The number of nitro groups is 1. The van der Waals surface area contributed by atoms with Crippen molar-refractivity contribution >= 4 is 46.3 Å². The van der Waals surface area contributed by atoms with Crippen molar-refractivity contribution in [2.45, 2.75) is 0 Å².